The number of rotatable bonds is 7. The van der Waals surface area contributed by atoms with Gasteiger partial charge in [-0.05, 0) is 70.8 Å². The van der Waals surface area contributed by atoms with Crippen molar-refractivity contribution in [1.82, 2.24) is 0 Å². The summed E-state index contributed by atoms with van der Waals surface area (Å²) in [4.78, 5) is 14.0. The Balaban J connectivity index is 0.974. The maximum absolute atomic E-state index is 5.79. The van der Waals surface area contributed by atoms with Crippen molar-refractivity contribution < 1.29 is 37.9 Å². The molecule has 12 heteroatoms. The van der Waals surface area contributed by atoms with Crippen molar-refractivity contribution in [2.45, 2.75) is 0 Å². The maximum Gasteiger partial charge on any atom is 0.0701 e. The van der Waals surface area contributed by atoms with Crippen LogP contribution in [0.15, 0.2) is 107 Å². The van der Waals surface area contributed by atoms with Gasteiger partial charge >= 0.3 is 0 Å². The normalized spacial score (nSPS) is 18.6. The Morgan fingerprint density at radius 3 is 0.845 bits per heavy atom. The molecule has 0 aliphatic carbocycles. The van der Waals surface area contributed by atoms with E-state index in [0.717, 1.165) is 71.2 Å². The molecular weight excluding hydrogens is 737 g/mol. The van der Waals surface area contributed by atoms with E-state index in [9.17, 15) is 0 Å². The summed E-state index contributed by atoms with van der Waals surface area (Å²) in [5.41, 5.74) is 8.33. The smallest absolute Gasteiger partial charge is 0.0701 e. The topological polar surface area (TPSA) is 105 Å². The highest BCUT2D eigenvalue weighted by Crippen LogP contribution is 2.25. The molecule has 12 nitrogen and oxygen atoms in total. The van der Waals surface area contributed by atoms with Crippen molar-refractivity contribution >= 4 is 35.2 Å². The Kier molecular flexibility index (Phi) is 19.1. The number of hydrogen-bond acceptors (Lipinski definition) is 12. The maximum atomic E-state index is 5.79. The van der Waals surface area contributed by atoms with E-state index in [1.54, 1.807) is 0 Å². The Morgan fingerprint density at radius 1 is 0.310 bits per heavy atom. The van der Waals surface area contributed by atoms with Crippen LogP contribution in [0.25, 0.3) is 11.1 Å². The first-order chi connectivity index (χ1) is 28.8. The largest absolute Gasteiger partial charge is 0.377 e. The fourth-order valence-electron chi connectivity index (χ4n) is 6.28. The summed E-state index contributed by atoms with van der Waals surface area (Å²) in [6.07, 6.45) is 3.80. The molecule has 4 aromatic rings. The minimum Gasteiger partial charge on any atom is -0.377 e. The molecule has 0 unspecified atom stereocenters. The van der Waals surface area contributed by atoms with E-state index in [1.165, 1.54) is 0 Å². The molecule has 0 amide bonds. The third-order valence-corrected chi connectivity index (χ3v) is 9.56. The van der Waals surface area contributed by atoms with Crippen molar-refractivity contribution in [3.63, 3.8) is 0 Å². The average molecular weight is 795 g/mol. The number of aliphatic imine (C=N–C) groups is 2. The van der Waals surface area contributed by atoms with Gasteiger partial charge in [0, 0.05) is 50.0 Å². The second kappa shape index (κ2) is 25.8. The first-order valence-electron chi connectivity index (χ1n) is 20.4. The fraction of sp³-hybridized carbons (Fsp3) is 0.435. The van der Waals surface area contributed by atoms with Crippen molar-refractivity contribution in [3.05, 3.63) is 108 Å². The molecule has 310 valence electrons. The van der Waals surface area contributed by atoms with Crippen LogP contribution in [0.5, 0.6) is 0 Å². The van der Waals surface area contributed by atoms with Crippen LogP contribution in [-0.4, -0.2) is 144 Å². The Morgan fingerprint density at radius 2 is 0.569 bits per heavy atom. The number of hydrogen-bond donors (Lipinski definition) is 0. The molecule has 4 aromatic carbocycles. The van der Waals surface area contributed by atoms with Gasteiger partial charge in [0.15, 0.2) is 0 Å². The van der Waals surface area contributed by atoms with Gasteiger partial charge in [-0.2, -0.15) is 0 Å². The highest BCUT2D eigenvalue weighted by atomic mass is 16.6. The van der Waals surface area contributed by atoms with Gasteiger partial charge in [0.25, 0.3) is 0 Å². The second-order valence-corrected chi connectivity index (χ2v) is 13.7. The van der Waals surface area contributed by atoms with E-state index in [-0.39, 0.29) is 0 Å². The van der Waals surface area contributed by atoms with Crippen LogP contribution in [-0.2, 0) is 37.9 Å². The molecule has 0 bridgehead atoms. The van der Waals surface area contributed by atoms with Crippen LogP contribution in [0, 0.1) is 0 Å². The van der Waals surface area contributed by atoms with Crippen LogP contribution < -0.4 is 9.80 Å². The molecule has 2 fully saturated rings. The summed E-state index contributed by atoms with van der Waals surface area (Å²) in [5.74, 6) is 0. The van der Waals surface area contributed by atoms with Crippen LogP contribution in [0.4, 0.5) is 22.7 Å². The molecule has 58 heavy (non-hydrogen) atoms. The highest BCUT2D eigenvalue weighted by Gasteiger charge is 2.10. The third-order valence-electron chi connectivity index (χ3n) is 9.56. The van der Waals surface area contributed by atoms with Crippen molar-refractivity contribution in [2.75, 3.05) is 142 Å². The van der Waals surface area contributed by atoms with Crippen LogP contribution >= 0.6 is 0 Å². The van der Waals surface area contributed by atoms with E-state index in [2.05, 4.69) is 82.6 Å². The lowest BCUT2D eigenvalue weighted by Gasteiger charge is -2.25. The first kappa shape index (κ1) is 43.1. The predicted molar refractivity (Wildman–Crippen MR) is 230 cm³/mol. The Labute approximate surface area is 343 Å². The molecule has 0 saturated carbocycles. The molecule has 0 spiro atoms. The fourth-order valence-corrected chi connectivity index (χ4v) is 6.28. The van der Waals surface area contributed by atoms with Crippen molar-refractivity contribution in [2.24, 2.45) is 9.98 Å². The molecule has 6 rings (SSSR count). The summed E-state index contributed by atoms with van der Waals surface area (Å²) < 4.78 is 45.3. The molecule has 0 aromatic heterocycles. The standard InChI is InChI=1S/C46H58N4O8/c1-13-45(49-17-21-51-25-29-55-33-34-56-30-26-52-22-18-49)14-2-39(1)37-47-43-9-5-41(6-10-43)42-7-11-44(12-8-42)48-38-40-3-15-46(16-4-40)50-19-23-53-27-31-57-35-36-58-32-28-54-24-20-50/h1-16,37-38H,17-36H2. The number of nitrogens with zero attached hydrogens (tertiary/aromatic N) is 4. The van der Waals surface area contributed by atoms with Crippen LogP contribution in [0.3, 0.4) is 0 Å². The average Bonchev–Trinajstić information content (AvgIpc) is 3.29. The lowest BCUT2D eigenvalue weighted by molar-refractivity contribution is 0.00206. The minimum absolute atomic E-state index is 0.570. The molecule has 0 radical (unpaired) electrons. The van der Waals surface area contributed by atoms with Gasteiger partial charge in [-0.1, -0.05) is 48.5 Å². The molecule has 0 atom stereocenters. The SMILES string of the molecule is C(=Nc1ccc(-c2ccc(N=Cc3ccc(N4CCOCCOCCOCCOCC4)cc3)cc2)cc1)c1ccc(N2CCOCCOCCOCCOCC2)cc1. The monoisotopic (exact) mass is 794 g/mol. The van der Waals surface area contributed by atoms with E-state index < -0.39 is 0 Å². The van der Waals surface area contributed by atoms with Gasteiger partial charge in [-0.3, -0.25) is 9.98 Å². The summed E-state index contributed by atoms with van der Waals surface area (Å²) in [7, 11) is 0. The molecular formula is C46H58N4O8. The van der Waals surface area contributed by atoms with Gasteiger partial charge in [-0.15, -0.1) is 0 Å². The van der Waals surface area contributed by atoms with Gasteiger partial charge < -0.3 is 47.7 Å². The van der Waals surface area contributed by atoms with Gasteiger partial charge in [-0.25, -0.2) is 0 Å². The molecule has 2 aliphatic rings. The number of anilines is 2. The zero-order chi connectivity index (χ0) is 39.7. The van der Waals surface area contributed by atoms with Crippen LogP contribution in [0.2, 0.25) is 0 Å². The van der Waals surface area contributed by atoms with E-state index >= 15 is 0 Å². The van der Waals surface area contributed by atoms with E-state index in [1.807, 2.05) is 36.7 Å². The Bertz CT molecular complexity index is 1590. The van der Waals surface area contributed by atoms with Crippen molar-refractivity contribution in [1.29, 1.82) is 0 Å². The van der Waals surface area contributed by atoms with E-state index in [0.29, 0.717) is 106 Å². The summed E-state index contributed by atoms with van der Waals surface area (Å²) in [5, 5.41) is 0. The quantitative estimate of drug-likeness (QED) is 0.190. The summed E-state index contributed by atoms with van der Waals surface area (Å²) in [6.45, 7) is 12.4. The van der Waals surface area contributed by atoms with Crippen LogP contribution in [0.1, 0.15) is 11.1 Å². The zero-order valence-electron chi connectivity index (χ0n) is 33.6. The Hall–Kier alpha value is -4.50. The van der Waals surface area contributed by atoms with Gasteiger partial charge in [0.05, 0.1) is 117 Å². The predicted octanol–water partition coefficient (Wildman–Crippen LogP) is 6.63. The highest BCUT2D eigenvalue weighted by molar-refractivity contribution is 5.84. The molecule has 2 aliphatic heterocycles. The molecule has 2 heterocycles. The van der Waals surface area contributed by atoms with Gasteiger partial charge in [0.1, 0.15) is 0 Å². The molecule has 0 N–H and O–H groups in total. The number of ether oxygens (including phenoxy) is 8. The zero-order valence-corrected chi connectivity index (χ0v) is 33.6. The second-order valence-electron chi connectivity index (χ2n) is 13.7. The third kappa shape index (κ3) is 15.7. The minimum atomic E-state index is 0.570. The number of benzene rings is 4. The summed E-state index contributed by atoms with van der Waals surface area (Å²) >= 11 is 0. The lowest BCUT2D eigenvalue weighted by atomic mass is 10.1. The van der Waals surface area contributed by atoms with Gasteiger partial charge in [0.2, 0.25) is 0 Å². The summed E-state index contributed by atoms with van der Waals surface area (Å²) in [6, 6.07) is 33.4. The van der Waals surface area contributed by atoms with Crippen molar-refractivity contribution in [3.8, 4) is 11.1 Å². The van der Waals surface area contributed by atoms with E-state index in [4.69, 9.17) is 47.9 Å². The molecule has 2 saturated heterocycles. The lowest BCUT2D eigenvalue weighted by Crippen LogP contribution is -2.31. The first-order valence-corrected chi connectivity index (χ1v) is 20.4.